The second kappa shape index (κ2) is 7.27. The van der Waals surface area contributed by atoms with Crippen LogP contribution < -0.4 is 0 Å². The van der Waals surface area contributed by atoms with Gasteiger partial charge in [-0.15, -0.1) is 0 Å². The highest BCUT2D eigenvalue weighted by Crippen LogP contribution is 2.47. The zero-order chi connectivity index (χ0) is 20.7. The molecule has 0 N–H and O–H groups in total. The third-order valence-corrected chi connectivity index (χ3v) is 6.23. The number of fused-ring (bicyclic) bond motifs is 1. The number of hydrogen-bond donors (Lipinski definition) is 0. The number of nitrogens with zero attached hydrogens (tertiary/aromatic N) is 1. The molecule has 0 unspecified atom stereocenters. The number of carbonyl (C=O) groups excluding carboxylic acids is 1. The van der Waals surface area contributed by atoms with Gasteiger partial charge in [0.15, 0.2) is 0 Å². The summed E-state index contributed by atoms with van der Waals surface area (Å²) in [7, 11) is 2.01. The van der Waals surface area contributed by atoms with Crippen molar-refractivity contribution in [1.82, 2.24) is 4.57 Å². The Balaban J connectivity index is 2.04. The first-order chi connectivity index (χ1) is 13.0. The van der Waals surface area contributed by atoms with Crippen LogP contribution in [-0.2, 0) is 27.4 Å². The lowest BCUT2D eigenvalue weighted by molar-refractivity contribution is -0.137. The summed E-state index contributed by atoms with van der Waals surface area (Å²) < 4.78 is 7.04. The van der Waals surface area contributed by atoms with Gasteiger partial charge < -0.3 is 9.30 Å². The summed E-state index contributed by atoms with van der Waals surface area (Å²) in [4.78, 5) is 11.6. The number of esters is 1. The van der Waals surface area contributed by atoms with Crippen LogP contribution in [0.25, 0.3) is 17.2 Å². The number of benzene rings is 1. The fourth-order valence-electron chi connectivity index (χ4n) is 4.27. The predicted octanol–water partition coefficient (Wildman–Crippen LogP) is 5.93. The Morgan fingerprint density at radius 2 is 1.71 bits per heavy atom. The molecule has 0 saturated heterocycles. The van der Waals surface area contributed by atoms with Crippen LogP contribution in [0.5, 0.6) is 0 Å². The molecule has 2 aromatic rings. The van der Waals surface area contributed by atoms with Gasteiger partial charge in [-0.3, -0.25) is 0 Å². The van der Waals surface area contributed by atoms with Crippen LogP contribution in [0.4, 0.5) is 0 Å². The summed E-state index contributed by atoms with van der Waals surface area (Å²) in [6, 6.07) is 6.94. The maximum atomic E-state index is 11.6. The number of hydrogen-bond acceptors (Lipinski definition) is 2. The van der Waals surface area contributed by atoms with Gasteiger partial charge in [0.05, 0.1) is 6.61 Å². The summed E-state index contributed by atoms with van der Waals surface area (Å²) in [5, 5.41) is 0. The highest BCUT2D eigenvalue weighted by Gasteiger charge is 2.37. The Kier molecular flexibility index (Phi) is 5.31. The molecule has 1 heterocycles. The molecule has 0 amide bonds. The summed E-state index contributed by atoms with van der Waals surface area (Å²) in [6.45, 7) is 13.9. The lowest BCUT2D eigenvalue weighted by atomic mass is 9.62. The molecule has 3 rings (SSSR count). The predicted molar refractivity (Wildman–Crippen MR) is 117 cm³/mol. The molecule has 3 nitrogen and oxygen atoms in total. The van der Waals surface area contributed by atoms with Crippen molar-refractivity contribution in [3.05, 3.63) is 52.9 Å². The second-order valence-electron chi connectivity index (χ2n) is 9.33. The van der Waals surface area contributed by atoms with Gasteiger partial charge in [0.1, 0.15) is 0 Å². The lowest BCUT2D eigenvalue weighted by Gasteiger charge is -2.42. The van der Waals surface area contributed by atoms with Crippen LogP contribution in [0, 0.1) is 6.92 Å². The van der Waals surface area contributed by atoms with Crippen LogP contribution in [0.2, 0.25) is 0 Å². The van der Waals surface area contributed by atoms with E-state index in [0.717, 1.165) is 5.69 Å². The van der Waals surface area contributed by atoms with Crippen LogP contribution in [0.1, 0.15) is 69.8 Å². The van der Waals surface area contributed by atoms with Gasteiger partial charge in [0, 0.05) is 30.6 Å². The molecule has 0 atom stereocenters. The first kappa shape index (κ1) is 20.4. The molecule has 0 radical (unpaired) electrons. The van der Waals surface area contributed by atoms with Crippen molar-refractivity contribution < 1.29 is 9.53 Å². The molecule has 0 bridgehead atoms. The number of rotatable bonds is 4. The summed E-state index contributed by atoms with van der Waals surface area (Å²) in [5.74, 6) is -0.306. The van der Waals surface area contributed by atoms with Crippen molar-refractivity contribution in [2.24, 2.45) is 7.05 Å². The van der Waals surface area contributed by atoms with E-state index in [0.29, 0.717) is 6.61 Å². The van der Waals surface area contributed by atoms with Gasteiger partial charge in [-0.1, -0.05) is 33.8 Å². The molecule has 1 aliphatic rings. The number of carbonyl (C=O) groups is 1. The minimum absolute atomic E-state index is 0.189. The smallest absolute Gasteiger partial charge is 0.330 e. The Hall–Kier alpha value is -2.29. The third kappa shape index (κ3) is 3.80. The second-order valence-corrected chi connectivity index (χ2v) is 9.33. The van der Waals surface area contributed by atoms with Crippen molar-refractivity contribution in [1.29, 1.82) is 0 Å². The van der Waals surface area contributed by atoms with Gasteiger partial charge >= 0.3 is 5.97 Å². The molecule has 0 spiro atoms. The van der Waals surface area contributed by atoms with Crippen molar-refractivity contribution in [3.8, 4) is 11.1 Å². The van der Waals surface area contributed by atoms with Crippen molar-refractivity contribution in [2.75, 3.05) is 6.61 Å². The Labute approximate surface area is 169 Å². The van der Waals surface area contributed by atoms with E-state index < -0.39 is 0 Å². The van der Waals surface area contributed by atoms with E-state index in [9.17, 15) is 4.79 Å². The first-order valence-corrected chi connectivity index (χ1v) is 10.2. The van der Waals surface area contributed by atoms with Gasteiger partial charge in [0.25, 0.3) is 0 Å². The number of aromatic nitrogens is 1. The highest BCUT2D eigenvalue weighted by molar-refractivity contribution is 5.87. The summed E-state index contributed by atoms with van der Waals surface area (Å²) in [5.41, 5.74) is 8.12. The zero-order valence-electron chi connectivity index (χ0n) is 18.3. The number of ether oxygens (including phenoxy) is 1. The molecule has 28 heavy (non-hydrogen) atoms. The van der Waals surface area contributed by atoms with Crippen LogP contribution in [-0.4, -0.2) is 17.1 Å². The average molecular weight is 380 g/mol. The molecule has 150 valence electrons. The first-order valence-electron chi connectivity index (χ1n) is 10.2. The van der Waals surface area contributed by atoms with Crippen LogP contribution >= 0.6 is 0 Å². The SMILES string of the molecule is CCOC(=O)C=Cc1cc(-c2cc3c(cc2C)C(C)(C)CCC3(C)C)cn1C. The van der Waals surface area contributed by atoms with Crippen LogP contribution in [0.3, 0.4) is 0 Å². The molecule has 1 aromatic heterocycles. The van der Waals surface area contributed by atoms with E-state index >= 15 is 0 Å². The van der Waals surface area contributed by atoms with Crippen LogP contribution in [0.15, 0.2) is 30.5 Å². The largest absolute Gasteiger partial charge is 0.463 e. The minimum Gasteiger partial charge on any atom is -0.463 e. The maximum Gasteiger partial charge on any atom is 0.330 e. The van der Waals surface area contributed by atoms with Crippen molar-refractivity contribution >= 4 is 12.0 Å². The summed E-state index contributed by atoms with van der Waals surface area (Å²) in [6.07, 6.45) is 7.88. The monoisotopic (exact) mass is 379 g/mol. The fraction of sp³-hybridized carbons (Fsp3) is 0.480. The maximum absolute atomic E-state index is 11.6. The molecular formula is C25H33NO2. The average Bonchev–Trinajstić information content (AvgIpc) is 2.98. The molecular weight excluding hydrogens is 346 g/mol. The van der Waals surface area contributed by atoms with Crippen molar-refractivity contribution in [3.63, 3.8) is 0 Å². The van der Waals surface area contributed by atoms with E-state index in [1.165, 1.54) is 46.7 Å². The number of aryl methyl sites for hydroxylation is 2. The highest BCUT2D eigenvalue weighted by atomic mass is 16.5. The Morgan fingerprint density at radius 1 is 1.11 bits per heavy atom. The normalized spacial score (nSPS) is 17.5. The minimum atomic E-state index is -0.306. The van der Waals surface area contributed by atoms with Gasteiger partial charge in [0.2, 0.25) is 0 Å². The quantitative estimate of drug-likeness (QED) is 0.487. The van der Waals surface area contributed by atoms with E-state index in [-0.39, 0.29) is 16.8 Å². The van der Waals surface area contributed by atoms with E-state index in [4.69, 9.17) is 4.74 Å². The van der Waals surface area contributed by atoms with Gasteiger partial charge in [-0.2, -0.15) is 0 Å². The molecule has 0 aliphatic heterocycles. The molecule has 1 aliphatic carbocycles. The summed E-state index contributed by atoms with van der Waals surface area (Å²) >= 11 is 0. The van der Waals surface area contributed by atoms with Gasteiger partial charge in [-0.05, 0) is 78.0 Å². The Bertz CT molecular complexity index is 928. The molecule has 3 heteroatoms. The standard InChI is InChI=1S/C25H33NO2/c1-8-28-23(27)10-9-19-14-18(16-26(19)7)20-15-22-21(13-17(20)2)24(3,4)11-12-25(22,5)6/h9-10,13-16H,8,11-12H2,1-7H3. The molecule has 0 saturated carbocycles. The molecule has 1 aromatic carbocycles. The topological polar surface area (TPSA) is 31.2 Å². The third-order valence-electron chi connectivity index (χ3n) is 6.23. The lowest BCUT2D eigenvalue weighted by Crippen LogP contribution is -2.34. The van der Waals surface area contributed by atoms with E-state index in [2.05, 4.69) is 63.6 Å². The fourth-order valence-corrected chi connectivity index (χ4v) is 4.27. The zero-order valence-corrected chi connectivity index (χ0v) is 18.3. The van der Waals surface area contributed by atoms with E-state index in [1.807, 2.05) is 20.0 Å². The van der Waals surface area contributed by atoms with E-state index in [1.54, 1.807) is 0 Å². The Morgan fingerprint density at radius 3 is 2.32 bits per heavy atom. The van der Waals surface area contributed by atoms with Crippen molar-refractivity contribution in [2.45, 2.75) is 65.2 Å². The van der Waals surface area contributed by atoms with Gasteiger partial charge in [-0.25, -0.2) is 4.79 Å². The molecule has 0 fully saturated rings.